The molecule has 0 fully saturated rings. The van der Waals surface area contributed by atoms with Crippen LogP contribution < -0.4 is 10.6 Å². The van der Waals surface area contributed by atoms with Gasteiger partial charge in [-0.1, -0.05) is 6.07 Å². The van der Waals surface area contributed by atoms with Gasteiger partial charge in [0.25, 0.3) is 5.91 Å². The van der Waals surface area contributed by atoms with Gasteiger partial charge in [0.05, 0.1) is 17.0 Å². The van der Waals surface area contributed by atoms with Crippen molar-refractivity contribution in [2.24, 2.45) is 0 Å². The lowest BCUT2D eigenvalue weighted by molar-refractivity contribution is -0.115. The van der Waals surface area contributed by atoms with E-state index in [0.29, 0.717) is 17.1 Å². The Hall–Kier alpha value is -2.51. The molecular weight excluding hydrogens is 330 g/mol. The van der Waals surface area contributed by atoms with Gasteiger partial charge in [0.1, 0.15) is 0 Å². The van der Waals surface area contributed by atoms with Crippen LogP contribution >= 0.6 is 22.7 Å². The molecule has 0 atom stereocenters. The second-order valence-corrected chi connectivity index (χ2v) is 6.87. The van der Waals surface area contributed by atoms with E-state index in [4.69, 9.17) is 0 Å². The Morgan fingerprint density at radius 2 is 2.17 bits per heavy atom. The molecule has 3 aromatic rings. The summed E-state index contributed by atoms with van der Waals surface area (Å²) in [5.74, 6) is -0.266. The van der Waals surface area contributed by atoms with E-state index < -0.39 is 0 Å². The normalized spacial score (nSPS) is 12.8. The van der Waals surface area contributed by atoms with Gasteiger partial charge in [-0.15, -0.1) is 22.7 Å². The summed E-state index contributed by atoms with van der Waals surface area (Å²) in [6, 6.07) is 9.17. The minimum absolute atomic E-state index is 0.0435. The molecule has 114 valence electrons. The number of aromatic nitrogens is 1. The van der Waals surface area contributed by atoms with Crippen LogP contribution in [0.5, 0.6) is 0 Å². The number of thiazole rings is 1. The second kappa shape index (κ2) is 5.60. The summed E-state index contributed by atoms with van der Waals surface area (Å²) in [7, 11) is 0. The smallest absolute Gasteiger partial charge is 0.257 e. The Labute approximate surface area is 140 Å². The molecule has 23 heavy (non-hydrogen) atoms. The zero-order valence-corrected chi connectivity index (χ0v) is 13.5. The van der Waals surface area contributed by atoms with Crippen LogP contribution in [-0.4, -0.2) is 16.8 Å². The fourth-order valence-electron chi connectivity index (χ4n) is 2.41. The van der Waals surface area contributed by atoms with Crippen LogP contribution in [0.4, 0.5) is 10.8 Å². The lowest BCUT2D eigenvalue weighted by Crippen LogP contribution is -2.11. The van der Waals surface area contributed by atoms with Gasteiger partial charge in [-0.3, -0.25) is 14.9 Å². The number of thiophene rings is 1. The third kappa shape index (κ3) is 2.76. The maximum absolute atomic E-state index is 12.3. The lowest BCUT2D eigenvalue weighted by Gasteiger charge is -2.04. The molecule has 0 bridgehead atoms. The average Bonchev–Trinajstić information content (AvgIpc) is 3.25. The Morgan fingerprint density at radius 1 is 1.26 bits per heavy atom. The highest BCUT2D eigenvalue weighted by molar-refractivity contribution is 7.16. The number of fused-ring (bicyclic) bond motifs is 1. The Kier molecular flexibility index (Phi) is 3.44. The van der Waals surface area contributed by atoms with Crippen LogP contribution in [0, 0.1) is 0 Å². The van der Waals surface area contributed by atoms with Crippen LogP contribution in [0.15, 0.2) is 41.1 Å². The number of benzene rings is 1. The molecule has 1 aromatic carbocycles. The van der Waals surface area contributed by atoms with E-state index in [9.17, 15) is 9.59 Å². The SMILES string of the molecule is O=C1Cc2cc(C(=O)Nc3nc(-c4cccs4)cs3)ccc2N1. The molecule has 3 heterocycles. The molecule has 2 N–H and O–H groups in total. The fraction of sp³-hybridized carbons (Fsp3) is 0.0625. The fourth-order valence-corrected chi connectivity index (χ4v) is 3.87. The number of nitrogens with zero attached hydrogens (tertiary/aromatic N) is 1. The minimum Gasteiger partial charge on any atom is -0.326 e. The van der Waals surface area contributed by atoms with E-state index in [0.717, 1.165) is 21.8 Å². The molecule has 0 aliphatic carbocycles. The molecule has 0 unspecified atom stereocenters. The first-order valence-corrected chi connectivity index (χ1v) is 8.68. The zero-order chi connectivity index (χ0) is 15.8. The molecule has 1 aliphatic heterocycles. The highest BCUT2D eigenvalue weighted by Crippen LogP contribution is 2.29. The summed E-state index contributed by atoms with van der Waals surface area (Å²) < 4.78 is 0. The van der Waals surface area contributed by atoms with E-state index in [-0.39, 0.29) is 11.8 Å². The van der Waals surface area contributed by atoms with Crippen LogP contribution in [0.1, 0.15) is 15.9 Å². The summed E-state index contributed by atoms with van der Waals surface area (Å²) in [6.07, 6.45) is 0.316. The van der Waals surface area contributed by atoms with Gasteiger partial charge >= 0.3 is 0 Å². The molecule has 0 radical (unpaired) electrons. The summed E-state index contributed by atoms with van der Waals surface area (Å²) in [5, 5.41) is 10.0. The number of hydrogen-bond acceptors (Lipinski definition) is 5. The molecule has 5 nitrogen and oxygen atoms in total. The van der Waals surface area contributed by atoms with Gasteiger partial charge in [-0.05, 0) is 35.2 Å². The van der Waals surface area contributed by atoms with Crippen molar-refractivity contribution in [2.75, 3.05) is 10.6 Å². The van der Waals surface area contributed by atoms with E-state index >= 15 is 0 Å². The van der Waals surface area contributed by atoms with Crippen molar-refractivity contribution in [1.82, 2.24) is 4.98 Å². The van der Waals surface area contributed by atoms with Gasteiger partial charge in [0.15, 0.2) is 5.13 Å². The van der Waals surface area contributed by atoms with Gasteiger partial charge in [-0.2, -0.15) is 0 Å². The minimum atomic E-state index is -0.223. The summed E-state index contributed by atoms with van der Waals surface area (Å²) in [4.78, 5) is 29.2. The first-order valence-electron chi connectivity index (χ1n) is 6.92. The van der Waals surface area contributed by atoms with E-state index in [1.54, 1.807) is 29.5 Å². The third-order valence-electron chi connectivity index (χ3n) is 3.49. The van der Waals surface area contributed by atoms with E-state index in [2.05, 4.69) is 15.6 Å². The molecule has 0 saturated carbocycles. The monoisotopic (exact) mass is 341 g/mol. The second-order valence-electron chi connectivity index (χ2n) is 5.07. The number of carbonyl (C=O) groups excluding carboxylic acids is 2. The lowest BCUT2D eigenvalue weighted by atomic mass is 10.1. The zero-order valence-electron chi connectivity index (χ0n) is 11.8. The maximum atomic E-state index is 12.3. The highest BCUT2D eigenvalue weighted by Gasteiger charge is 2.19. The van der Waals surface area contributed by atoms with Crippen LogP contribution in [0.25, 0.3) is 10.6 Å². The molecule has 1 aliphatic rings. The molecule has 7 heteroatoms. The van der Waals surface area contributed by atoms with Crippen molar-refractivity contribution in [2.45, 2.75) is 6.42 Å². The highest BCUT2D eigenvalue weighted by atomic mass is 32.1. The number of rotatable bonds is 3. The van der Waals surface area contributed by atoms with Crippen molar-refractivity contribution in [3.05, 3.63) is 52.2 Å². The van der Waals surface area contributed by atoms with Crippen LogP contribution in [-0.2, 0) is 11.2 Å². The van der Waals surface area contributed by atoms with Crippen molar-refractivity contribution >= 4 is 45.3 Å². The van der Waals surface area contributed by atoms with Crippen molar-refractivity contribution < 1.29 is 9.59 Å². The largest absolute Gasteiger partial charge is 0.326 e. The Bertz CT molecular complexity index is 900. The topological polar surface area (TPSA) is 71.1 Å². The van der Waals surface area contributed by atoms with E-state index in [1.165, 1.54) is 11.3 Å². The van der Waals surface area contributed by atoms with Gasteiger partial charge < -0.3 is 5.32 Å². The van der Waals surface area contributed by atoms with Crippen LogP contribution in [0.3, 0.4) is 0 Å². The Balaban J connectivity index is 1.52. The first kappa shape index (κ1) is 14.1. The summed E-state index contributed by atoms with van der Waals surface area (Å²) in [6.45, 7) is 0. The standard InChI is InChI=1S/C16H11N3O2S2/c20-14-7-10-6-9(3-4-11(10)17-14)15(21)19-16-18-12(8-23-16)13-2-1-5-22-13/h1-6,8H,7H2,(H,17,20)(H,18,19,21). The number of amides is 2. The van der Waals surface area contributed by atoms with Crippen molar-refractivity contribution in [3.8, 4) is 10.6 Å². The van der Waals surface area contributed by atoms with Gasteiger partial charge in [0, 0.05) is 16.6 Å². The average molecular weight is 341 g/mol. The molecule has 0 spiro atoms. The first-order chi connectivity index (χ1) is 11.2. The quantitative estimate of drug-likeness (QED) is 0.764. The molecule has 0 saturated heterocycles. The molecule has 4 rings (SSSR count). The maximum Gasteiger partial charge on any atom is 0.257 e. The number of anilines is 2. The molecule has 2 aromatic heterocycles. The third-order valence-corrected chi connectivity index (χ3v) is 5.14. The molecular formula is C16H11N3O2S2. The molecule has 2 amide bonds. The number of carbonyl (C=O) groups is 2. The predicted octanol–water partition coefficient (Wildman–Crippen LogP) is 3.62. The van der Waals surface area contributed by atoms with Crippen molar-refractivity contribution in [3.63, 3.8) is 0 Å². The number of nitrogens with one attached hydrogen (secondary N) is 2. The predicted molar refractivity (Wildman–Crippen MR) is 92.2 cm³/mol. The number of hydrogen-bond donors (Lipinski definition) is 2. The van der Waals surface area contributed by atoms with Crippen LogP contribution in [0.2, 0.25) is 0 Å². The summed E-state index contributed by atoms with van der Waals surface area (Å²) >= 11 is 3.00. The van der Waals surface area contributed by atoms with Gasteiger partial charge in [-0.25, -0.2) is 4.98 Å². The Morgan fingerprint density at radius 3 is 3.00 bits per heavy atom. The van der Waals surface area contributed by atoms with Gasteiger partial charge in [0.2, 0.25) is 5.91 Å². The van der Waals surface area contributed by atoms with E-state index in [1.807, 2.05) is 22.9 Å². The van der Waals surface area contributed by atoms with Crippen molar-refractivity contribution in [1.29, 1.82) is 0 Å². The summed E-state index contributed by atoms with van der Waals surface area (Å²) in [5.41, 5.74) is 3.01.